The van der Waals surface area contributed by atoms with Crippen LogP contribution >= 0.6 is 12.6 Å². The minimum atomic E-state index is 0.842. The van der Waals surface area contributed by atoms with Crippen LogP contribution in [-0.4, -0.2) is 31.2 Å². The molecule has 2 aromatic rings. The molecule has 0 spiro atoms. The molecule has 0 saturated carbocycles. The van der Waals surface area contributed by atoms with Gasteiger partial charge in [-0.15, -0.1) is 12.6 Å². The van der Waals surface area contributed by atoms with Crippen LogP contribution in [0.4, 0.5) is 0 Å². The van der Waals surface area contributed by atoms with E-state index in [-0.39, 0.29) is 0 Å². The SMILES string of the molecule is Sc1ccc(C#Cc2ccc(CN3CCOCC3)cc2)cc1. The molecule has 1 saturated heterocycles. The Labute approximate surface area is 137 Å². The van der Waals surface area contributed by atoms with E-state index in [1.54, 1.807) is 0 Å². The second-order valence-electron chi connectivity index (χ2n) is 5.38. The Hall–Kier alpha value is -1.73. The fourth-order valence-electron chi connectivity index (χ4n) is 2.40. The number of benzene rings is 2. The summed E-state index contributed by atoms with van der Waals surface area (Å²) in [6.07, 6.45) is 0. The number of morpholine rings is 1. The monoisotopic (exact) mass is 309 g/mol. The first-order valence-corrected chi connectivity index (χ1v) is 7.94. The van der Waals surface area contributed by atoms with Gasteiger partial charge in [-0.05, 0) is 42.0 Å². The summed E-state index contributed by atoms with van der Waals surface area (Å²) < 4.78 is 5.37. The summed E-state index contributed by atoms with van der Waals surface area (Å²) in [5, 5.41) is 0. The topological polar surface area (TPSA) is 12.5 Å². The molecule has 22 heavy (non-hydrogen) atoms. The van der Waals surface area contributed by atoms with E-state index in [1.165, 1.54) is 5.56 Å². The first-order chi connectivity index (χ1) is 10.8. The highest BCUT2D eigenvalue weighted by molar-refractivity contribution is 7.80. The summed E-state index contributed by atoms with van der Waals surface area (Å²) in [7, 11) is 0. The van der Waals surface area contributed by atoms with Gasteiger partial charge in [-0.25, -0.2) is 0 Å². The highest BCUT2D eigenvalue weighted by atomic mass is 32.1. The van der Waals surface area contributed by atoms with Gasteiger partial charge in [-0.1, -0.05) is 24.0 Å². The molecule has 1 heterocycles. The van der Waals surface area contributed by atoms with Crippen molar-refractivity contribution in [2.24, 2.45) is 0 Å². The van der Waals surface area contributed by atoms with Gasteiger partial charge in [0.15, 0.2) is 0 Å². The molecule has 1 aliphatic rings. The van der Waals surface area contributed by atoms with E-state index in [1.807, 2.05) is 24.3 Å². The predicted octanol–water partition coefficient (Wildman–Crippen LogP) is 3.21. The van der Waals surface area contributed by atoms with E-state index >= 15 is 0 Å². The average Bonchev–Trinajstić information content (AvgIpc) is 2.57. The Bertz CT molecular complexity index is 661. The van der Waals surface area contributed by atoms with Crippen LogP contribution in [0.5, 0.6) is 0 Å². The van der Waals surface area contributed by atoms with Gasteiger partial charge in [-0.2, -0.15) is 0 Å². The molecule has 1 fully saturated rings. The van der Waals surface area contributed by atoms with Crippen molar-refractivity contribution in [2.45, 2.75) is 11.4 Å². The van der Waals surface area contributed by atoms with Gasteiger partial charge in [0.2, 0.25) is 0 Å². The third kappa shape index (κ3) is 4.38. The number of nitrogens with zero attached hydrogens (tertiary/aromatic N) is 1. The molecule has 0 aromatic heterocycles. The van der Waals surface area contributed by atoms with E-state index in [0.717, 1.165) is 48.9 Å². The zero-order chi connectivity index (χ0) is 15.2. The van der Waals surface area contributed by atoms with Gasteiger partial charge in [-0.3, -0.25) is 4.90 Å². The van der Waals surface area contributed by atoms with Crippen LogP contribution in [0.3, 0.4) is 0 Å². The van der Waals surface area contributed by atoms with E-state index < -0.39 is 0 Å². The summed E-state index contributed by atoms with van der Waals surface area (Å²) in [4.78, 5) is 3.38. The fourth-order valence-corrected chi connectivity index (χ4v) is 2.55. The van der Waals surface area contributed by atoms with E-state index in [4.69, 9.17) is 4.74 Å². The average molecular weight is 309 g/mol. The van der Waals surface area contributed by atoms with Crippen LogP contribution in [0.25, 0.3) is 0 Å². The maximum atomic E-state index is 5.37. The van der Waals surface area contributed by atoms with E-state index in [0.29, 0.717) is 0 Å². The maximum absolute atomic E-state index is 5.37. The lowest BCUT2D eigenvalue weighted by atomic mass is 10.1. The minimum absolute atomic E-state index is 0.842. The fraction of sp³-hybridized carbons (Fsp3) is 0.263. The normalized spacial score (nSPS) is 15.1. The molecule has 0 radical (unpaired) electrons. The third-order valence-corrected chi connectivity index (χ3v) is 3.98. The Morgan fingerprint density at radius 1 is 0.864 bits per heavy atom. The van der Waals surface area contributed by atoms with Crippen LogP contribution in [0.2, 0.25) is 0 Å². The Balaban J connectivity index is 1.63. The Morgan fingerprint density at radius 2 is 1.41 bits per heavy atom. The van der Waals surface area contributed by atoms with Gasteiger partial charge in [0, 0.05) is 35.7 Å². The zero-order valence-electron chi connectivity index (χ0n) is 12.5. The number of rotatable bonds is 2. The summed E-state index contributed by atoms with van der Waals surface area (Å²) in [6.45, 7) is 4.70. The van der Waals surface area contributed by atoms with Gasteiger partial charge in [0.25, 0.3) is 0 Å². The summed E-state index contributed by atoms with van der Waals surface area (Å²) in [5.74, 6) is 6.38. The maximum Gasteiger partial charge on any atom is 0.0594 e. The van der Waals surface area contributed by atoms with Crippen molar-refractivity contribution in [3.05, 3.63) is 65.2 Å². The van der Waals surface area contributed by atoms with Gasteiger partial charge >= 0.3 is 0 Å². The molecule has 0 unspecified atom stereocenters. The molecular weight excluding hydrogens is 290 g/mol. The number of thiol groups is 1. The highest BCUT2D eigenvalue weighted by Crippen LogP contribution is 2.10. The molecule has 3 rings (SSSR count). The van der Waals surface area contributed by atoms with Crippen molar-refractivity contribution in [3.63, 3.8) is 0 Å². The molecular formula is C19H19NOS. The minimum Gasteiger partial charge on any atom is -0.379 e. The molecule has 0 aliphatic carbocycles. The number of hydrogen-bond donors (Lipinski definition) is 1. The molecule has 2 nitrogen and oxygen atoms in total. The largest absolute Gasteiger partial charge is 0.379 e. The van der Waals surface area contributed by atoms with E-state index in [9.17, 15) is 0 Å². The van der Waals surface area contributed by atoms with Crippen molar-refractivity contribution < 1.29 is 4.74 Å². The summed E-state index contributed by atoms with van der Waals surface area (Å²) >= 11 is 4.28. The highest BCUT2D eigenvalue weighted by Gasteiger charge is 2.10. The molecule has 0 bridgehead atoms. The van der Waals surface area contributed by atoms with Crippen molar-refractivity contribution >= 4 is 12.6 Å². The lowest BCUT2D eigenvalue weighted by Gasteiger charge is -2.26. The quantitative estimate of drug-likeness (QED) is 0.675. The van der Waals surface area contributed by atoms with Crippen LogP contribution < -0.4 is 0 Å². The smallest absolute Gasteiger partial charge is 0.0594 e. The molecule has 112 valence electrons. The number of hydrogen-bond acceptors (Lipinski definition) is 3. The molecule has 0 N–H and O–H groups in total. The molecule has 3 heteroatoms. The lowest BCUT2D eigenvalue weighted by molar-refractivity contribution is 0.0342. The Morgan fingerprint density at radius 3 is 2.00 bits per heavy atom. The molecule has 0 atom stereocenters. The van der Waals surface area contributed by atoms with Gasteiger partial charge < -0.3 is 4.74 Å². The van der Waals surface area contributed by atoms with Crippen LogP contribution in [-0.2, 0) is 11.3 Å². The standard InChI is InChI=1S/C19H19NOS/c22-19-9-7-17(8-10-19)2-1-16-3-5-18(6-4-16)15-20-11-13-21-14-12-20/h3-10,22H,11-15H2. The van der Waals surface area contributed by atoms with Crippen molar-refractivity contribution in [3.8, 4) is 11.8 Å². The second kappa shape index (κ2) is 7.51. The lowest BCUT2D eigenvalue weighted by Crippen LogP contribution is -2.35. The van der Waals surface area contributed by atoms with Crippen LogP contribution in [0.1, 0.15) is 16.7 Å². The first-order valence-electron chi connectivity index (χ1n) is 7.50. The van der Waals surface area contributed by atoms with Gasteiger partial charge in [0.05, 0.1) is 13.2 Å². The van der Waals surface area contributed by atoms with Crippen LogP contribution in [0.15, 0.2) is 53.4 Å². The molecule has 2 aromatic carbocycles. The predicted molar refractivity (Wildman–Crippen MR) is 92.2 cm³/mol. The summed E-state index contributed by atoms with van der Waals surface area (Å²) in [5.41, 5.74) is 3.38. The zero-order valence-corrected chi connectivity index (χ0v) is 13.4. The second-order valence-corrected chi connectivity index (χ2v) is 5.90. The van der Waals surface area contributed by atoms with E-state index in [2.05, 4.69) is 53.6 Å². The van der Waals surface area contributed by atoms with Crippen molar-refractivity contribution in [1.29, 1.82) is 0 Å². The van der Waals surface area contributed by atoms with Gasteiger partial charge in [0.1, 0.15) is 0 Å². The third-order valence-electron chi connectivity index (χ3n) is 3.68. The molecule has 0 amide bonds. The number of ether oxygens (including phenoxy) is 1. The molecule has 1 aliphatic heterocycles. The van der Waals surface area contributed by atoms with Crippen LogP contribution in [0, 0.1) is 11.8 Å². The first kappa shape index (κ1) is 15.2. The summed E-state index contributed by atoms with van der Waals surface area (Å²) in [6, 6.07) is 16.4. The Kier molecular flexibility index (Phi) is 5.18. The van der Waals surface area contributed by atoms with Crippen molar-refractivity contribution in [2.75, 3.05) is 26.3 Å². The van der Waals surface area contributed by atoms with Crippen molar-refractivity contribution in [1.82, 2.24) is 4.90 Å².